The van der Waals surface area contributed by atoms with E-state index in [1.165, 1.54) is 0 Å². The van der Waals surface area contributed by atoms with Gasteiger partial charge in [-0.25, -0.2) is 0 Å². The zero-order valence-corrected chi connectivity index (χ0v) is 12.1. The number of rotatable bonds is 0. The molecule has 3 aliphatic rings. The molecule has 0 unspecified atom stereocenters. The molecule has 0 radical (unpaired) electrons. The molecular formula is C15H17ClN2O2. The Labute approximate surface area is 123 Å². The summed E-state index contributed by atoms with van der Waals surface area (Å²) in [5.74, 6) is 1.46. The van der Waals surface area contributed by atoms with Gasteiger partial charge in [0.2, 0.25) is 5.91 Å². The summed E-state index contributed by atoms with van der Waals surface area (Å²) in [5, 5.41) is 3.82. The predicted molar refractivity (Wildman–Crippen MR) is 75.9 cm³/mol. The molecule has 2 bridgehead atoms. The van der Waals surface area contributed by atoms with Crippen LogP contribution in [-0.4, -0.2) is 36.7 Å². The molecule has 106 valence electrons. The van der Waals surface area contributed by atoms with E-state index >= 15 is 0 Å². The number of carbonyl (C=O) groups is 1. The molecule has 0 aromatic heterocycles. The fourth-order valence-electron chi connectivity index (χ4n) is 3.93. The highest BCUT2D eigenvalue weighted by atomic mass is 35.5. The number of ether oxygens (including phenoxy) is 1. The molecule has 2 saturated heterocycles. The first-order valence-electron chi connectivity index (χ1n) is 7.05. The number of benzene rings is 1. The fourth-order valence-corrected chi connectivity index (χ4v) is 4.11. The van der Waals surface area contributed by atoms with Crippen LogP contribution in [-0.2, 0) is 4.79 Å². The molecule has 1 aromatic carbocycles. The van der Waals surface area contributed by atoms with Gasteiger partial charge in [-0.05, 0) is 30.8 Å². The average Bonchev–Trinajstić information content (AvgIpc) is 2.40. The number of fused-ring (bicyclic) bond motifs is 2. The fraction of sp³-hybridized carbons (Fsp3) is 0.533. The van der Waals surface area contributed by atoms with Gasteiger partial charge < -0.3 is 15.0 Å². The molecule has 2 fully saturated rings. The van der Waals surface area contributed by atoms with E-state index in [-0.39, 0.29) is 11.8 Å². The van der Waals surface area contributed by atoms with Crippen molar-refractivity contribution >= 4 is 17.5 Å². The van der Waals surface area contributed by atoms with Crippen molar-refractivity contribution in [3.05, 3.63) is 28.8 Å². The molecular weight excluding hydrogens is 276 g/mol. The second kappa shape index (κ2) is 4.12. The summed E-state index contributed by atoms with van der Waals surface area (Å²) in [6.07, 6.45) is 1.36. The minimum Gasteiger partial charge on any atom is -0.467 e. The third-order valence-electron chi connectivity index (χ3n) is 4.88. The first kappa shape index (κ1) is 12.5. The van der Waals surface area contributed by atoms with Crippen molar-refractivity contribution in [3.63, 3.8) is 0 Å². The van der Waals surface area contributed by atoms with Crippen LogP contribution in [0.25, 0.3) is 0 Å². The Morgan fingerprint density at radius 2 is 2.35 bits per heavy atom. The minimum atomic E-state index is -0.520. The number of nitrogens with zero attached hydrogens (tertiary/aromatic N) is 1. The smallest absolute Gasteiger partial charge is 0.223 e. The lowest BCUT2D eigenvalue weighted by molar-refractivity contribution is -0.152. The third kappa shape index (κ3) is 1.68. The lowest BCUT2D eigenvalue weighted by atomic mass is 9.69. The molecule has 3 heterocycles. The molecule has 3 atom stereocenters. The highest BCUT2D eigenvalue weighted by molar-refractivity contribution is 6.30. The zero-order chi connectivity index (χ0) is 13.9. The van der Waals surface area contributed by atoms with Gasteiger partial charge in [-0.3, -0.25) is 4.79 Å². The Hall–Kier alpha value is -1.26. The Morgan fingerprint density at radius 3 is 3.20 bits per heavy atom. The molecule has 3 aliphatic heterocycles. The van der Waals surface area contributed by atoms with Crippen LogP contribution in [0, 0.1) is 5.92 Å². The van der Waals surface area contributed by atoms with E-state index in [2.05, 4.69) is 17.3 Å². The van der Waals surface area contributed by atoms with Gasteiger partial charge in [-0.2, -0.15) is 0 Å². The van der Waals surface area contributed by atoms with Crippen molar-refractivity contribution in [2.75, 3.05) is 20.1 Å². The summed E-state index contributed by atoms with van der Waals surface area (Å²) in [4.78, 5) is 14.4. The van der Waals surface area contributed by atoms with Gasteiger partial charge in [0.15, 0.2) is 5.72 Å². The maximum absolute atomic E-state index is 12.1. The largest absolute Gasteiger partial charge is 0.467 e. The Balaban J connectivity index is 1.86. The lowest BCUT2D eigenvalue weighted by Crippen LogP contribution is -2.69. The highest BCUT2D eigenvalue weighted by Gasteiger charge is 2.56. The molecule has 5 heteroatoms. The van der Waals surface area contributed by atoms with Crippen LogP contribution in [0.1, 0.15) is 24.3 Å². The van der Waals surface area contributed by atoms with E-state index in [0.717, 1.165) is 30.8 Å². The van der Waals surface area contributed by atoms with E-state index < -0.39 is 5.72 Å². The Morgan fingerprint density at radius 1 is 1.50 bits per heavy atom. The number of likely N-dealkylation sites (tertiary alicyclic amines) is 1. The van der Waals surface area contributed by atoms with E-state index in [1.807, 2.05) is 18.2 Å². The number of amides is 1. The number of carbonyl (C=O) groups excluding carboxylic acids is 1. The standard InChI is InChI=1S/C15H17ClN2O2/c1-18-5-4-15-12(8-18)10(7-14(19)17-15)11-6-9(16)2-3-13(11)20-15/h2-3,6,10,12H,4-5,7-8H2,1H3,(H,17,19)/t10-,12-,15+/m1/s1. The van der Waals surface area contributed by atoms with Crippen molar-refractivity contribution in [2.45, 2.75) is 24.5 Å². The molecule has 1 N–H and O–H groups in total. The van der Waals surface area contributed by atoms with Crippen LogP contribution < -0.4 is 10.1 Å². The monoisotopic (exact) mass is 292 g/mol. The molecule has 20 heavy (non-hydrogen) atoms. The third-order valence-corrected chi connectivity index (χ3v) is 5.11. The SMILES string of the molecule is CN1CC[C@]23NC(=O)C[C@H](c4cc(Cl)ccc4O2)[C@H]3C1. The summed E-state index contributed by atoms with van der Waals surface area (Å²) < 4.78 is 6.25. The number of halogens is 1. The number of piperidine rings is 2. The molecule has 4 rings (SSSR count). The van der Waals surface area contributed by atoms with Gasteiger partial charge in [0.05, 0.1) is 0 Å². The quantitative estimate of drug-likeness (QED) is 0.795. The molecule has 0 spiro atoms. The second-order valence-corrected chi connectivity index (χ2v) is 6.59. The molecule has 0 saturated carbocycles. The topological polar surface area (TPSA) is 41.6 Å². The molecule has 4 nitrogen and oxygen atoms in total. The minimum absolute atomic E-state index is 0.0847. The normalized spacial score (nSPS) is 35.6. The van der Waals surface area contributed by atoms with Crippen LogP contribution in [0.3, 0.4) is 0 Å². The Bertz CT molecular complexity index is 591. The molecule has 1 amide bonds. The molecule has 0 aliphatic carbocycles. The van der Waals surface area contributed by atoms with Gasteiger partial charge in [0.1, 0.15) is 5.75 Å². The number of nitrogens with one attached hydrogen (secondary N) is 1. The second-order valence-electron chi connectivity index (χ2n) is 6.15. The van der Waals surface area contributed by atoms with E-state index in [1.54, 1.807) is 0 Å². The van der Waals surface area contributed by atoms with Crippen LogP contribution >= 0.6 is 11.6 Å². The maximum Gasteiger partial charge on any atom is 0.223 e. The van der Waals surface area contributed by atoms with Crippen LogP contribution in [0.5, 0.6) is 5.75 Å². The van der Waals surface area contributed by atoms with Gasteiger partial charge in [0.25, 0.3) is 0 Å². The summed E-state index contributed by atoms with van der Waals surface area (Å²) in [7, 11) is 2.12. The average molecular weight is 293 g/mol. The zero-order valence-electron chi connectivity index (χ0n) is 11.4. The highest BCUT2D eigenvalue weighted by Crippen LogP contribution is 2.51. The summed E-state index contributed by atoms with van der Waals surface area (Å²) in [6, 6.07) is 5.74. The van der Waals surface area contributed by atoms with Gasteiger partial charge in [-0.15, -0.1) is 0 Å². The Kier molecular flexibility index (Phi) is 2.57. The van der Waals surface area contributed by atoms with Crippen molar-refractivity contribution in [2.24, 2.45) is 5.92 Å². The van der Waals surface area contributed by atoms with E-state index in [4.69, 9.17) is 16.3 Å². The lowest BCUT2D eigenvalue weighted by Gasteiger charge is -2.55. The first-order chi connectivity index (χ1) is 9.57. The number of hydrogen-bond donors (Lipinski definition) is 1. The predicted octanol–water partition coefficient (Wildman–Crippen LogP) is 1.98. The molecule has 1 aromatic rings. The van der Waals surface area contributed by atoms with Crippen LogP contribution in [0.15, 0.2) is 18.2 Å². The van der Waals surface area contributed by atoms with E-state index in [9.17, 15) is 4.79 Å². The maximum atomic E-state index is 12.1. The van der Waals surface area contributed by atoms with Crippen molar-refractivity contribution < 1.29 is 9.53 Å². The van der Waals surface area contributed by atoms with Gasteiger partial charge in [-0.1, -0.05) is 11.6 Å². The van der Waals surface area contributed by atoms with Gasteiger partial charge >= 0.3 is 0 Å². The van der Waals surface area contributed by atoms with Crippen molar-refractivity contribution in [1.82, 2.24) is 10.2 Å². The van der Waals surface area contributed by atoms with Crippen LogP contribution in [0.2, 0.25) is 5.02 Å². The van der Waals surface area contributed by atoms with Crippen LogP contribution in [0.4, 0.5) is 0 Å². The van der Waals surface area contributed by atoms with E-state index in [0.29, 0.717) is 17.4 Å². The summed E-state index contributed by atoms with van der Waals surface area (Å²) >= 11 is 6.13. The summed E-state index contributed by atoms with van der Waals surface area (Å²) in [5.41, 5.74) is 0.566. The number of hydrogen-bond acceptors (Lipinski definition) is 3. The van der Waals surface area contributed by atoms with Crippen molar-refractivity contribution in [1.29, 1.82) is 0 Å². The van der Waals surface area contributed by atoms with Crippen molar-refractivity contribution in [3.8, 4) is 5.75 Å². The summed E-state index contributed by atoms with van der Waals surface area (Å²) in [6.45, 7) is 1.88. The van der Waals surface area contributed by atoms with Gasteiger partial charge in [0, 0.05) is 42.8 Å². The first-order valence-corrected chi connectivity index (χ1v) is 7.43.